The molecule has 9 amide bonds. The number of carbonyl (C=O) groups is 10. The lowest BCUT2D eigenvalue weighted by Crippen LogP contribution is -2.53. The van der Waals surface area contributed by atoms with Crippen LogP contribution in [0.2, 0.25) is 0 Å². The first kappa shape index (κ1) is 88.0. The molecule has 18 fully saturated rings. The highest BCUT2D eigenvalue weighted by atomic mass is 16.5. The number of likely N-dealkylation sites (tertiary alicyclic amines) is 3. The van der Waals surface area contributed by atoms with Gasteiger partial charge in [0.05, 0.1) is 6.61 Å². The molecule has 18 aliphatic rings. The molecule has 0 spiro atoms. The van der Waals surface area contributed by atoms with Gasteiger partial charge >= 0.3 is 5.97 Å². The fourth-order valence-corrected chi connectivity index (χ4v) is 25.9. The predicted octanol–water partition coefficient (Wildman–Crippen LogP) is 14.4. The van der Waals surface area contributed by atoms with E-state index in [4.69, 9.17) is 4.74 Å². The molecule has 3 saturated heterocycles. The Hall–Kier alpha value is -5.30. The van der Waals surface area contributed by atoms with Gasteiger partial charge in [0, 0.05) is 78.5 Å². The Morgan fingerprint density at radius 1 is 0.289 bits per heavy atom. The number of fused-ring (bicyclic) bond motifs is 4. The van der Waals surface area contributed by atoms with Crippen LogP contribution in [-0.4, -0.2) is 159 Å². The molecule has 7 unspecified atom stereocenters. The average Bonchev–Trinajstić information content (AvgIpc) is 0.812. The first-order valence-corrected chi connectivity index (χ1v) is 47.7. The third-order valence-electron chi connectivity index (χ3n) is 32.0. The standard InChI is InChI=1S/C26H40N2O2.C20H32N2O2.C18H32N2O2.C16H27NO3.C14H24N2O2/c1-16(23(29)27-14-25-8-17-2-18(9-25)4-19(3-17)10-25)24(30)28-15-26-11-20-5-21(12-26)7-22(6-20)13-26;1-12(19(23)21-10-17-8-13-2-4-15(17)6-13)20(24)22-11-18-9-14-3-5-16(18)7-14;1-14(17(21)19-12-15-8-4-2-5-9-15)18(22)20-13-16-10-6-3-7-11-16;1-13(15(18)17-10-6-3-7-11-17)16(19)20-12-14-8-4-2-5-9-14;1-12(13(17)15-8-4-2-5-9-15)14(18)16-10-6-3-7-11-16/h16-22H,2-15H2,1H3,(H,27,29)(H,28,30);12-18H,2-11H2,1H3,(H,21,23)(H,22,24);14-16H,2-13H2,1H3,(H,19,21)(H,20,22);13-14H,2-12H2,1H3;12H,2-11H2,1H3. The van der Waals surface area contributed by atoms with Gasteiger partial charge in [-0.3, -0.25) is 47.9 Å². The van der Waals surface area contributed by atoms with E-state index in [9.17, 15) is 47.9 Å². The zero-order chi connectivity index (χ0) is 80.3. The van der Waals surface area contributed by atoms with Gasteiger partial charge in [-0.1, -0.05) is 70.6 Å². The third kappa shape index (κ3) is 24.7. The van der Waals surface area contributed by atoms with Gasteiger partial charge in [0.2, 0.25) is 53.2 Å². The van der Waals surface area contributed by atoms with Crippen LogP contribution in [0.4, 0.5) is 0 Å². The number of hydrogen-bond acceptors (Lipinski definition) is 11. The first-order valence-electron chi connectivity index (χ1n) is 47.7. The molecule has 0 radical (unpaired) electrons. The number of amides is 9. The summed E-state index contributed by atoms with van der Waals surface area (Å²) in [5.41, 5.74) is 0.666. The maximum atomic E-state index is 12.8. The van der Waals surface area contributed by atoms with Crippen molar-refractivity contribution in [3.8, 4) is 0 Å². The van der Waals surface area contributed by atoms with Crippen molar-refractivity contribution in [3.63, 3.8) is 0 Å². The third-order valence-corrected chi connectivity index (χ3v) is 32.0. The van der Waals surface area contributed by atoms with E-state index in [1.165, 1.54) is 231 Å². The largest absolute Gasteiger partial charge is 0.465 e. The summed E-state index contributed by atoms with van der Waals surface area (Å²) in [6.07, 6.45) is 55.8. The molecule has 7 atom stereocenters. The average molecular weight is 1590 g/mol. The van der Waals surface area contributed by atoms with Crippen molar-refractivity contribution in [2.45, 2.75) is 317 Å². The van der Waals surface area contributed by atoms with E-state index < -0.39 is 29.6 Å². The fraction of sp³-hybridized carbons (Fsp3) is 0.894. The molecule has 642 valence electrons. The van der Waals surface area contributed by atoms with E-state index in [1.807, 2.05) is 14.7 Å². The number of esters is 1. The molecule has 114 heavy (non-hydrogen) atoms. The molecular formula is C94H155N9O11. The van der Waals surface area contributed by atoms with Crippen LogP contribution in [-0.2, 0) is 52.7 Å². The van der Waals surface area contributed by atoms with Crippen molar-refractivity contribution in [1.29, 1.82) is 0 Å². The molecule has 6 N–H and O–H groups in total. The zero-order valence-corrected chi connectivity index (χ0v) is 71.7. The minimum Gasteiger partial charge on any atom is -0.465 e. The molecule has 3 aliphatic heterocycles. The van der Waals surface area contributed by atoms with Crippen LogP contribution in [0.15, 0.2) is 0 Å². The summed E-state index contributed by atoms with van der Waals surface area (Å²) in [4.78, 5) is 129. The van der Waals surface area contributed by atoms with Crippen molar-refractivity contribution in [2.24, 2.45) is 129 Å². The van der Waals surface area contributed by atoms with Gasteiger partial charge in [-0.15, -0.1) is 0 Å². The lowest BCUT2D eigenvalue weighted by atomic mass is 9.49. The summed E-state index contributed by atoms with van der Waals surface area (Å²) in [5.74, 6) is 8.11. The highest BCUT2D eigenvalue weighted by Gasteiger charge is 2.53. The number of piperidine rings is 3. The Labute approximate surface area is 686 Å². The number of rotatable bonds is 24. The van der Waals surface area contributed by atoms with Crippen molar-refractivity contribution in [1.82, 2.24) is 46.6 Å². The van der Waals surface area contributed by atoms with Gasteiger partial charge < -0.3 is 51.3 Å². The minimum absolute atomic E-state index is 0.0327. The highest BCUT2D eigenvalue weighted by Crippen LogP contribution is 2.61. The first-order chi connectivity index (χ1) is 55.0. The molecule has 0 aromatic carbocycles. The normalized spacial score (nSPS) is 32.6. The monoisotopic (exact) mass is 1590 g/mol. The quantitative estimate of drug-likeness (QED) is 0.0391. The summed E-state index contributed by atoms with van der Waals surface area (Å²) in [6, 6.07) is 0. The summed E-state index contributed by atoms with van der Waals surface area (Å²) in [6.45, 7) is 18.7. The molecule has 15 aliphatic carbocycles. The molecule has 15 saturated carbocycles. The topological polar surface area (TPSA) is 262 Å². The molecule has 3 heterocycles. The van der Waals surface area contributed by atoms with Crippen LogP contribution in [0, 0.1) is 129 Å². The van der Waals surface area contributed by atoms with E-state index in [0.717, 1.165) is 189 Å². The lowest BCUT2D eigenvalue weighted by molar-refractivity contribution is -0.157. The number of nitrogens with zero attached hydrogens (tertiary/aromatic N) is 3. The number of carbonyl (C=O) groups excluding carboxylic acids is 10. The second kappa shape index (κ2) is 42.6. The van der Waals surface area contributed by atoms with Crippen molar-refractivity contribution < 1.29 is 52.7 Å². The van der Waals surface area contributed by atoms with Crippen LogP contribution < -0.4 is 31.9 Å². The van der Waals surface area contributed by atoms with E-state index in [1.54, 1.807) is 34.6 Å². The van der Waals surface area contributed by atoms with Gasteiger partial charge in [0.1, 0.15) is 29.6 Å². The van der Waals surface area contributed by atoms with Gasteiger partial charge in [0.15, 0.2) is 0 Å². The minimum atomic E-state index is -0.642. The highest BCUT2D eigenvalue weighted by molar-refractivity contribution is 6.02. The predicted molar refractivity (Wildman–Crippen MR) is 445 cm³/mol. The van der Waals surface area contributed by atoms with Gasteiger partial charge in [-0.25, -0.2) is 0 Å². The van der Waals surface area contributed by atoms with Gasteiger partial charge in [-0.05, 0) is 346 Å². The van der Waals surface area contributed by atoms with Gasteiger partial charge in [0.25, 0.3) is 0 Å². The van der Waals surface area contributed by atoms with Crippen molar-refractivity contribution in [3.05, 3.63) is 0 Å². The molecule has 18 rings (SSSR count). The number of nitrogens with one attached hydrogen (secondary N) is 6. The van der Waals surface area contributed by atoms with Crippen molar-refractivity contribution in [2.75, 3.05) is 85.1 Å². The zero-order valence-electron chi connectivity index (χ0n) is 71.7. The van der Waals surface area contributed by atoms with Crippen LogP contribution in [0.25, 0.3) is 0 Å². The van der Waals surface area contributed by atoms with Crippen molar-refractivity contribution >= 4 is 59.1 Å². The molecule has 20 heteroatoms. The Kier molecular flexibility index (Phi) is 32.9. The molecule has 0 aromatic heterocycles. The number of hydrogen-bond donors (Lipinski definition) is 6. The summed E-state index contributed by atoms with van der Waals surface area (Å²) in [7, 11) is 0. The maximum Gasteiger partial charge on any atom is 0.318 e. The van der Waals surface area contributed by atoms with E-state index in [2.05, 4.69) is 31.9 Å². The summed E-state index contributed by atoms with van der Waals surface area (Å²) < 4.78 is 5.37. The van der Waals surface area contributed by atoms with Crippen LogP contribution in [0.1, 0.15) is 317 Å². The van der Waals surface area contributed by atoms with E-state index in [-0.39, 0.29) is 59.1 Å². The van der Waals surface area contributed by atoms with E-state index >= 15 is 0 Å². The summed E-state index contributed by atoms with van der Waals surface area (Å²) in [5, 5.41) is 18.5. The smallest absolute Gasteiger partial charge is 0.318 e. The lowest BCUT2D eigenvalue weighted by Gasteiger charge is -2.57. The SMILES string of the molecule is CC(C(=O)N1CCCCC1)C(=O)N1CCCCC1.CC(C(=O)NCC12CC3CC(CC(C3)C1)C2)C(=O)NCC12CC3CC(CC(C3)C1)C2.CC(C(=O)NCC1CC2CCC1C2)C(=O)NCC1CC2CCC1C2.CC(C(=O)NCC1CCCCC1)C(=O)NCC1CCCCC1.CC(C(=O)OCC1CCCCC1)C(=O)N1CCCCC1. The van der Waals surface area contributed by atoms with Crippen LogP contribution >= 0.6 is 0 Å². The Bertz CT molecular complexity index is 2920. The Morgan fingerprint density at radius 3 is 0.868 bits per heavy atom. The molecule has 12 bridgehead atoms. The molecule has 20 nitrogen and oxygen atoms in total. The second-order valence-corrected chi connectivity index (χ2v) is 41.0. The maximum absolute atomic E-state index is 12.8. The molecule has 0 aromatic rings. The molecular weight excluding hydrogens is 1430 g/mol. The van der Waals surface area contributed by atoms with Crippen LogP contribution in [0.5, 0.6) is 0 Å². The Balaban J connectivity index is 0.000000133. The van der Waals surface area contributed by atoms with Gasteiger partial charge in [-0.2, -0.15) is 0 Å². The van der Waals surface area contributed by atoms with E-state index in [0.29, 0.717) is 47.0 Å². The van der Waals surface area contributed by atoms with Crippen LogP contribution in [0.3, 0.4) is 0 Å². The Morgan fingerprint density at radius 2 is 0.570 bits per heavy atom. The fourth-order valence-electron chi connectivity index (χ4n) is 25.9. The summed E-state index contributed by atoms with van der Waals surface area (Å²) >= 11 is 0. The second-order valence-electron chi connectivity index (χ2n) is 41.0. The number of ether oxygens (including phenoxy) is 1.